The largest absolute Gasteiger partial charge is 0.495 e. The van der Waals surface area contributed by atoms with Gasteiger partial charge in [-0.05, 0) is 28.1 Å². The van der Waals surface area contributed by atoms with Crippen LogP contribution >= 0.6 is 15.9 Å². The molecule has 2 aromatic rings. The van der Waals surface area contributed by atoms with Gasteiger partial charge in [-0.2, -0.15) is 0 Å². The molecule has 0 bridgehead atoms. The quantitative estimate of drug-likeness (QED) is 0.881. The van der Waals surface area contributed by atoms with Gasteiger partial charge in [0.25, 0.3) is 0 Å². The van der Waals surface area contributed by atoms with E-state index in [1.807, 2.05) is 0 Å². The van der Waals surface area contributed by atoms with E-state index in [1.54, 1.807) is 19.2 Å². The number of hydrogen-bond donors (Lipinski definition) is 2. The van der Waals surface area contributed by atoms with Gasteiger partial charge in [-0.1, -0.05) is 0 Å². The summed E-state index contributed by atoms with van der Waals surface area (Å²) in [4.78, 5) is 13.8. The van der Waals surface area contributed by atoms with Crippen molar-refractivity contribution in [3.8, 4) is 5.75 Å². The van der Waals surface area contributed by atoms with Gasteiger partial charge in [-0.25, -0.2) is 4.79 Å². The number of carbonyl (C=O) groups is 1. The Morgan fingerprint density at radius 3 is 2.87 bits per heavy atom. The number of aromatic amines is 1. The molecule has 2 rings (SSSR count). The first-order valence-electron chi connectivity index (χ1n) is 4.22. The lowest BCUT2D eigenvalue weighted by atomic mass is 10.2. The number of nitrogens with one attached hydrogen (secondary N) is 1. The molecule has 0 amide bonds. The lowest BCUT2D eigenvalue weighted by molar-refractivity contribution is 0.0699. The van der Waals surface area contributed by atoms with Crippen molar-refractivity contribution in [2.24, 2.45) is 0 Å². The topological polar surface area (TPSA) is 62.3 Å². The molecule has 2 N–H and O–H groups in total. The number of H-pyrrole nitrogens is 1. The molecule has 0 aliphatic heterocycles. The Kier molecular flexibility index (Phi) is 2.40. The van der Waals surface area contributed by atoms with Crippen molar-refractivity contribution in [1.82, 2.24) is 4.98 Å². The normalized spacial score (nSPS) is 10.5. The highest BCUT2D eigenvalue weighted by Crippen LogP contribution is 2.33. The number of carboxylic acid groups (broad SMARTS) is 1. The molecule has 0 saturated heterocycles. The number of aromatic nitrogens is 1. The standard InChI is InChI=1S/C10H8BrNO3/c1-15-7-3-2-5-6(10(13)14)4-12-9(5)8(7)11/h2-4,12H,1H3,(H,13,14). The van der Waals surface area contributed by atoms with Crippen molar-refractivity contribution in [1.29, 1.82) is 0 Å². The molecule has 0 unspecified atom stereocenters. The van der Waals surface area contributed by atoms with Gasteiger partial charge in [-0.3, -0.25) is 0 Å². The van der Waals surface area contributed by atoms with Crippen LogP contribution in [-0.2, 0) is 0 Å². The number of benzene rings is 1. The minimum atomic E-state index is -0.946. The molecule has 0 spiro atoms. The van der Waals surface area contributed by atoms with Crippen LogP contribution in [0.2, 0.25) is 0 Å². The average Bonchev–Trinajstić information content (AvgIpc) is 2.62. The number of aromatic carboxylic acids is 1. The van der Waals surface area contributed by atoms with Crippen molar-refractivity contribution in [3.63, 3.8) is 0 Å². The summed E-state index contributed by atoms with van der Waals surface area (Å²) in [6.07, 6.45) is 1.47. The van der Waals surface area contributed by atoms with Crippen LogP contribution in [0.3, 0.4) is 0 Å². The van der Waals surface area contributed by atoms with Crippen LogP contribution in [0.25, 0.3) is 10.9 Å². The SMILES string of the molecule is COc1ccc2c(C(=O)O)c[nH]c2c1Br. The van der Waals surface area contributed by atoms with Crippen LogP contribution < -0.4 is 4.74 Å². The molecular formula is C10H8BrNO3. The van der Waals surface area contributed by atoms with Gasteiger partial charge < -0.3 is 14.8 Å². The fourth-order valence-electron chi connectivity index (χ4n) is 1.48. The van der Waals surface area contributed by atoms with Crippen molar-refractivity contribution < 1.29 is 14.6 Å². The Balaban J connectivity index is 2.76. The van der Waals surface area contributed by atoms with E-state index in [-0.39, 0.29) is 5.56 Å². The van der Waals surface area contributed by atoms with E-state index >= 15 is 0 Å². The van der Waals surface area contributed by atoms with Gasteiger partial charge in [0.05, 0.1) is 22.7 Å². The van der Waals surface area contributed by atoms with Crippen molar-refractivity contribution in [2.75, 3.05) is 7.11 Å². The lowest BCUT2D eigenvalue weighted by Crippen LogP contribution is -1.93. The number of halogens is 1. The van der Waals surface area contributed by atoms with E-state index in [4.69, 9.17) is 9.84 Å². The van der Waals surface area contributed by atoms with Gasteiger partial charge in [0.15, 0.2) is 0 Å². The van der Waals surface area contributed by atoms with Gasteiger partial charge >= 0.3 is 5.97 Å². The Labute approximate surface area is 94.0 Å². The first-order valence-corrected chi connectivity index (χ1v) is 5.01. The Morgan fingerprint density at radius 2 is 2.27 bits per heavy atom. The molecule has 78 valence electrons. The summed E-state index contributed by atoms with van der Waals surface area (Å²) in [5.74, 6) is -0.278. The second-order valence-electron chi connectivity index (χ2n) is 3.01. The van der Waals surface area contributed by atoms with Gasteiger partial charge in [0.1, 0.15) is 5.75 Å². The van der Waals surface area contributed by atoms with Crippen LogP contribution in [0.5, 0.6) is 5.75 Å². The second kappa shape index (κ2) is 3.58. The summed E-state index contributed by atoms with van der Waals surface area (Å²) in [7, 11) is 1.56. The van der Waals surface area contributed by atoms with Crippen molar-refractivity contribution >= 4 is 32.8 Å². The number of carboxylic acids is 1. The monoisotopic (exact) mass is 269 g/mol. The maximum atomic E-state index is 10.9. The zero-order chi connectivity index (χ0) is 11.0. The van der Waals surface area contributed by atoms with Crippen molar-refractivity contribution in [2.45, 2.75) is 0 Å². The van der Waals surface area contributed by atoms with Crippen LogP contribution in [0, 0.1) is 0 Å². The summed E-state index contributed by atoms with van der Waals surface area (Å²) < 4.78 is 5.84. The second-order valence-corrected chi connectivity index (χ2v) is 3.80. The number of fused-ring (bicyclic) bond motifs is 1. The molecule has 1 aromatic heterocycles. The number of hydrogen-bond acceptors (Lipinski definition) is 2. The first-order chi connectivity index (χ1) is 7.15. The first kappa shape index (κ1) is 10.0. The van der Waals surface area contributed by atoms with Gasteiger partial charge in [0, 0.05) is 11.6 Å². The highest BCUT2D eigenvalue weighted by molar-refractivity contribution is 9.10. The van der Waals surface area contributed by atoms with Gasteiger partial charge in [-0.15, -0.1) is 0 Å². The van der Waals surface area contributed by atoms with E-state index in [0.29, 0.717) is 11.1 Å². The van der Waals surface area contributed by atoms with E-state index in [9.17, 15) is 4.79 Å². The highest BCUT2D eigenvalue weighted by Gasteiger charge is 2.14. The third kappa shape index (κ3) is 1.48. The molecule has 5 heteroatoms. The summed E-state index contributed by atoms with van der Waals surface area (Å²) in [5, 5.41) is 9.58. The molecule has 0 aliphatic carbocycles. The molecule has 1 aromatic carbocycles. The fraction of sp³-hybridized carbons (Fsp3) is 0.100. The molecule has 15 heavy (non-hydrogen) atoms. The minimum Gasteiger partial charge on any atom is -0.495 e. The van der Waals surface area contributed by atoms with Crippen molar-refractivity contribution in [3.05, 3.63) is 28.4 Å². The van der Waals surface area contributed by atoms with Crippen LogP contribution in [0.1, 0.15) is 10.4 Å². The number of methoxy groups -OCH3 is 1. The number of ether oxygens (including phenoxy) is 1. The molecule has 0 aliphatic rings. The molecule has 4 nitrogen and oxygen atoms in total. The highest BCUT2D eigenvalue weighted by atomic mass is 79.9. The van der Waals surface area contributed by atoms with Crippen LogP contribution in [-0.4, -0.2) is 23.2 Å². The third-order valence-electron chi connectivity index (χ3n) is 2.21. The average molecular weight is 270 g/mol. The summed E-state index contributed by atoms with van der Waals surface area (Å²) >= 11 is 3.36. The summed E-state index contributed by atoms with van der Waals surface area (Å²) in [6.45, 7) is 0. The molecule has 0 fully saturated rings. The van der Waals surface area contributed by atoms with E-state index in [0.717, 1.165) is 9.99 Å². The maximum absolute atomic E-state index is 10.9. The van der Waals surface area contributed by atoms with Crippen LogP contribution in [0.15, 0.2) is 22.8 Å². The number of rotatable bonds is 2. The third-order valence-corrected chi connectivity index (χ3v) is 3.00. The van der Waals surface area contributed by atoms with E-state index < -0.39 is 5.97 Å². The molecule has 0 radical (unpaired) electrons. The zero-order valence-electron chi connectivity index (χ0n) is 7.87. The Bertz CT molecular complexity index is 533. The molecule has 0 atom stereocenters. The predicted molar refractivity (Wildman–Crippen MR) is 59.5 cm³/mol. The zero-order valence-corrected chi connectivity index (χ0v) is 9.46. The van der Waals surface area contributed by atoms with Gasteiger partial charge in [0.2, 0.25) is 0 Å². The Morgan fingerprint density at radius 1 is 1.53 bits per heavy atom. The van der Waals surface area contributed by atoms with E-state index in [1.165, 1.54) is 6.20 Å². The molecule has 1 heterocycles. The molecule has 0 saturated carbocycles. The maximum Gasteiger partial charge on any atom is 0.337 e. The predicted octanol–water partition coefficient (Wildman–Crippen LogP) is 2.64. The summed E-state index contributed by atoms with van der Waals surface area (Å²) in [6, 6.07) is 3.45. The Hall–Kier alpha value is -1.49. The lowest BCUT2D eigenvalue weighted by Gasteiger charge is -2.03. The fourth-order valence-corrected chi connectivity index (χ4v) is 2.10. The smallest absolute Gasteiger partial charge is 0.337 e. The van der Waals surface area contributed by atoms with E-state index in [2.05, 4.69) is 20.9 Å². The molecular weight excluding hydrogens is 262 g/mol. The minimum absolute atomic E-state index is 0.258. The summed E-state index contributed by atoms with van der Waals surface area (Å²) in [5.41, 5.74) is 0.986. The van der Waals surface area contributed by atoms with Crippen LogP contribution in [0.4, 0.5) is 0 Å².